The SMILES string of the molecule is CCC1(C)NC(C2CCCC2)N(C(C)COC)C1=O. The van der Waals surface area contributed by atoms with Crippen molar-refractivity contribution in [3.05, 3.63) is 0 Å². The van der Waals surface area contributed by atoms with Crippen LogP contribution < -0.4 is 5.32 Å². The van der Waals surface area contributed by atoms with E-state index in [1.165, 1.54) is 25.7 Å². The van der Waals surface area contributed by atoms with Crippen LogP contribution in [0.15, 0.2) is 0 Å². The molecule has 1 saturated heterocycles. The Morgan fingerprint density at radius 1 is 1.47 bits per heavy atom. The van der Waals surface area contributed by atoms with E-state index in [9.17, 15) is 4.79 Å². The lowest BCUT2D eigenvalue weighted by Gasteiger charge is -2.33. The molecule has 2 aliphatic rings. The summed E-state index contributed by atoms with van der Waals surface area (Å²) in [6.45, 7) is 6.82. The maximum Gasteiger partial charge on any atom is 0.244 e. The van der Waals surface area contributed by atoms with E-state index < -0.39 is 5.54 Å². The second-order valence-electron chi connectivity index (χ2n) is 6.34. The number of ether oxygens (including phenoxy) is 1. The van der Waals surface area contributed by atoms with Crippen LogP contribution in [0.25, 0.3) is 0 Å². The molecule has 0 aromatic rings. The van der Waals surface area contributed by atoms with Crippen LogP contribution in [0.4, 0.5) is 0 Å². The number of nitrogens with one attached hydrogen (secondary N) is 1. The van der Waals surface area contributed by atoms with Crippen molar-refractivity contribution in [3.8, 4) is 0 Å². The summed E-state index contributed by atoms with van der Waals surface area (Å²) < 4.78 is 5.26. The van der Waals surface area contributed by atoms with Crippen LogP contribution in [0, 0.1) is 5.92 Å². The first-order chi connectivity index (χ1) is 9.03. The van der Waals surface area contributed by atoms with Gasteiger partial charge < -0.3 is 9.64 Å². The molecule has 4 heteroatoms. The second kappa shape index (κ2) is 5.80. The minimum Gasteiger partial charge on any atom is -0.383 e. The Kier molecular flexibility index (Phi) is 4.51. The zero-order chi connectivity index (χ0) is 14.0. The summed E-state index contributed by atoms with van der Waals surface area (Å²) >= 11 is 0. The molecule has 1 aliphatic carbocycles. The first kappa shape index (κ1) is 14.8. The molecule has 1 saturated carbocycles. The quantitative estimate of drug-likeness (QED) is 0.830. The minimum absolute atomic E-state index is 0.143. The van der Waals surface area contributed by atoms with E-state index in [2.05, 4.69) is 24.1 Å². The zero-order valence-corrected chi connectivity index (χ0v) is 12.7. The second-order valence-corrected chi connectivity index (χ2v) is 6.34. The molecule has 1 aliphatic heterocycles. The van der Waals surface area contributed by atoms with Gasteiger partial charge in [-0.3, -0.25) is 10.1 Å². The van der Waals surface area contributed by atoms with Gasteiger partial charge in [0.2, 0.25) is 5.91 Å². The summed E-state index contributed by atoms with van der Waals surface area (Å²) in [5.41, 5.74) is -0.394. The Morgan fingerprint density at radius 2 is 2.11 bits per heavy atom. The third kappa shape index (κ3) is 2.65. The number of carbonyl (C=O) groups is 1. The minimum atomic E-state index is -0.394. The van der Waals surface area contributed by atoms with Crippen molar-refractivity contribution in [2.45, 2.75) is 70.6 Å². The fourth-order valence-corrected chi connectivity index (χ4v) is 3.54. The molecule has 0 spiro atoms. The maximum atomic E-state index is 12.7. The molecule has 1 amide bonds. The highest BCUT2D eigenvalue weighted by atomic mass is 16.5. The van der Waals surface area contributed by atoms with E-state index in [0.29, 0.717) is 12.5 Å². The van der Waals surface area contributed by atoms with Gasteiger partial charge in [-0.15, -0.1) is 0 Å². The van der Waals surface area contributed by atoms with Gasteiger partial charge in [0.15, 0.2) is 0 Å². The average molecular weight is 268 g/mol. The number of nitrogens with zero attached hydrogens (tertiary/aromatic N) is 1. The number of hydrogen-bond acceptors (Lipinski definition) is 3. The molecule has 1 heterocycles. The Bertz CT molecular complexity index is 328. The molecule has 0 aromatic heterocycles. The van der Waals surface area contributed by atoms with Crippen LogP contribution in [0.1, 0.15) is 52.9 Å². The first-order valence-electron chi connectivity index (χ1n) is 7.63. The molecule has 3 atom stereocenters. The van der Waals surface area contributed by atoms with E-state index in [0.717, 1.165) is 6.42 Å². The fourth-order valence-electron chi connectivity index (χ4n) is 3.54. The maximum absolute atomic E-state index is 12.7. The average Bonchev–Trinajstić information content (AvgIpc) is 2.98. The monoisotopic (exact) mass is 268 g/mol. The topological polar surface area (TPSA) is 41.6 Å². The molecule has 110 valence electrons. The van der Waals surface area contributed by atoms with Gasteiger partial charge in [0.1, 0.15) is 0 Å². The molecule has 19 heavy (non-hydrogen) atoms. The van der Waals surface area contributed by atoms with Gasteiger partial charge in [-0.2, -0.15) is 0 Å². The molecule has 1 N–H and O–H groups in total. The van der Waals surface area contributed by atoms with Gasteiger partial charge in [-0.25, -0.2) is 0 Å². The molecule has 0 bridgehead atoms. The molecular weight excluding hydrogens is 240 g/mol. The van der Waals surface area contributed by atoms with Gasteiger partial charge >= 0.3 is 0 Å². The summed E-state index contributed by atoms with van der Waals surface area (Å²) in [5.74, 6) is 0.855. The van der Waals surface area contributed by atoms with Crippen LogP contribution in [0.5, 0.6) is 0 Å². The van der Waals surface area contributed by atoms with Gasteiger partial charge in [0.05, 0.1) is 24.4 Å². The van der Waals surface area contributed by atoms with Crippen LogP contribution in [0.3, 0.4) is 0 Å². The lowest BCUT2D eigenvalue weighted by atomic mass is 9.99. The van der Waals surface area contributed by atoms with E-state index in [1.807, 2.05) is 6.92 Å². The van der Waals surface area contributed by atoms with Crippen molar-refractivity contribution in [1.29, 1.82) is 0 Å². The molecule has 0 aromatic carbocycles. The van der Waals surface area contributed by atoms with Gasteiger partial charge in [0.25, 0.3) is 0 Å². The number of methoxy groups -OCH3 is 1. The van der Waals surface area contributed by atoms with Crippen LogP contribution in [0.2, 0.25) is 0 Å². The third-order valence-corrected chi connectivity index (χ3v) is 4.91. The van der Waals surface area contributed by atoms with Gasteiger partial charge in [-0.05, 0) is 39.0 Å². The van der Waals surface area contributed by atoms with Crippen LogP contribution >= 0.6 is 0 Å². The van der Waals surface area contributed by atoms with Crippen molar-refractivity contribution < 1.29 is 9.53 Å². The van der Waals surface area contributed by atoms with Crippen molar-refractivity contribution in [2.75, 3.05) is 13.7 Å². The van der Waals surface area contributed by atoms with Gasteiger partial charge in [0, 0.05) is 7.11 Å². The molecule has 0 radical (unpaired) electrons. The van der Waals surface area contributed by atoms with E-state index in [1.54, 1.807) is 7.11 Å². The number of rotatable bonds is 5. The normalized spacial score (nSPS) is 34.2. The van der Waals surface area contributed by atoms with Crippen molar-refractivity contribution >= 4 is 5.91 Å². The third-order valence-electron chi connectivity index (χ3n) is 4.91. The highest BCUT2D eigenvalue weighted by Crippen LogP contribution is 2.36. The Balaban J connectivity index is 2.20. The van der Waals surface area contributed by atoms with E-state index in [4.69, 9.17) is 4.74 Å². The Hall–Kier alpha value is -0.610. The fraction of sp³-hybridized carbons (Fsp3) is 0.933. The summed E-state index contributed by atoms with van der Waals surface area (Å²) in [6.07, 6.45) is 6.11. The Labute approximate surface area is 116 Å². The smallest absolute Gasteiger partial charge is 0.244 e. The lowest BCUT2D eigenvalue weighted by molar-refractivity contribution is -0.136. The first-order valence-corrected chi connectivity index (χ1v) is 7.63. The van der Waals surface area contributed by atoms with E-state index >= 15 is 0 Å². The number of amides is 1. The molecular formula is C15H28N2O2. The number of carbonyl (C=O) groups excluding carboxylic acids is 1. The highest BCUT2D eigenvalue weighted by molar-refractivity contribution is 5.88. The zero-order valence-electron chi connectivity index (χ0n) is 12.7. The lowest BCUT2D eigenvalue weighted by Crippen LogP contribution is -2.48. The molecule has 4 nitrogen and oxygen atoms in total. The summed E-state index contributed by atoms with van der Waals surface area (Å²) in [4.78, 5) is 14.8. The van der Waals surface area contributed by atoms with E-state index in [-0.39, 0.29) is 18.1 Å². The van der Waals surface area contributed by atoms with Crippen LogP contribution in [-0.2, 0) is 9.53 Å². The standard InChI is InChI=1S/C15H28N2O2/c1-5-15(3)14(18)17(11(2)10-19-4)13(16-15)12-8-6-7-9-12/h11-13,16H,5-10H2,1-4H3. The summed E-state index contributed by atoms with van der Waals surface area (Å²) in [5, 5.41) is 3.62. The van der Waals surface area contributed by atoms with Gasteiger partial charge in [-0.1, -0.05) is 19.8 Å². The van der Waals surface area contributed by atoms with Crippen molar-refractivity contribution in [2.24, 2.45) is 5.92 Å². The molecule has 2 fully saturated rings. The molecule has 3 unspecified atom stereocenters. The Morgan fingerprint density at radius 3 is 2.63 bits per heavy atom. The van der Waals surface area contributed by atoms with Crippen molar-refractivity contribution in [3.63, 3.8) is 0 Å². The summed E-state index contributed by atoms with van der Waals surface area (Å²) in [7, 11) is 1.70. The summed E-state index contributed by atoms with van der Waals surface area (Å²) in [6, 6.07) is 0.143. The largest absolute Gasteiger partial charge is 0.383 e. The predicted molar refractivity (Wildman–Crippen MR) is 75.8 cm³/mol. The van der Waals surface area contributed by atoms with Crippen molar-refractivity contribution in [1.82, 2.24) is 10.2 Å². The number of hydrogen-bond donors (Lipinski definition) is 1. The predicted octanol–water partition coefficient (Wildman–Crippen LogP) is 2.14. The highest BCUT2D eigenvalue weighted by Gasteiger charge is 2.50. The van der Waals surface area contributed by atoms with Crippen LogP contribution in [-0.4, -0.2) is 42.3 Å². The molecule has 2 rings (SSSR count).